The first kappa shape index (κ1) is 23.6. The van der Waals surface area contributed by atoms with Gasteiger partial charge in [-0.2, -0.15) is 30.7 Å². The van der Waals surface area contributed by atoms with Crippen LogP contribution in [0.2, 0.25) is 0 Å². The lowest BCUT2D eigenvalue weighted by Gasteiger charge is -2.32. The van der Waals surface area contributed by atoms with Gasteiger partial charge in [-0.05, 0) is 19.3 Å². The molecule has 0 radical (unpaired) electrons. The van der Waals surface area contributed by atoms with Crippen LogP contribution >= 0.6 is 0 Å². The fourth-order valence-electron chi connectivity index (χ4n) is 1.66. The van der Waals surface area contributed by atoms with E-state index < -0.39 is 39.7 Å². The summed E-state index contributed by atoms with van der Waals surface area (Å²) in [7, 11) is -1.04. The van der Waals surface area contributed by atoms with E-state index in [4.69, 9.17) is 9.47 Å². The van der Waals surface area contributed by atoms with E-state index >= 15 is 0 Å². The molecule has 0 bridgehead atoms. The fraction of sp³-hybridized carbons (Fsp3) is 1.00. The van der Waals surface area contributed by atoms with Crippen LogP contribution in [0.4, 0.5) is 30.7 Å². The minimum absolute atomic E-state index is 0.301. The molecule has 0 spiro atoms. The summed E-state index contributed by atoms with van der Waals surface area (Å²) >= 11 is 0. The van der Waals surface area contributed by atoms with Crippen LogP contribution in [-0.2, 0) is 14.2 Å². The summed E-state index contributed by atoms with van der Waals surface area (Å²) < 4.78 is 103. The quantitative estimate of drug-likeness (QED) is 0.220. The maximum Gasteiger partial charge on any atom is 0.462 e. The third-order valence-corrected chi connectivity index (χ3v) is 5.00. The normalized spacial score (nSPS) is 16.8. The van der Waals surface area contributed by atoms with Crippen molar-refractivity contribution in [2.45, 2.75) is 70.3 Å². The summed E-state index contributed by atoms with van der Waals surface area (Å²) in [5.74, 6) is -6.31. The van der Waals surface area contributed by atoms with Crippen LogP contribution in [0.5, 0.6) is 0 Å². The Bertz CT molecular complexity index is 353. The molecule has 0 fully saturated rings. The molecular weight excluding hydrogens is 365 g/mol. The fourth-order valence-corrected chi connectivity index (χ4v) is 3.05. The second-order valence-corrected chi connectivity index (χ2v) is 7.01. The molecule has 0 aromatic carbocycles. The number of hydrogen-bond acceptors (Lipinski definition) is 3. The minimum atomic E-state index is -6.43. The summed E-state index contributed by atoms with van der Waals surface area (Å²) in [6.45, 7) is 5.40. The first-order valence-electron chi connectivity index (χ1n) is 7.66. The van der Waals surface area contributed by atoms with E-state index in [0.717, 1.165) is 6.42 Å². The lowest BCUT2D eigenvalue weighted by atomic mass is 10.3. The molecule has 146 valence electrons. The Labute approximate surface area is 138 Å². The molecule has 0 heterocycles. The molecule has 0 rings (SSSR count). The third-order valence-electron chi connectivity index (χ3n) is 3.07. The molecule has 0 amide bonds. The van der Waals surface area contributed by atoms with Crippen molar-refractivity contribution >= 4 is 9.52 Å². The van der Waals surface area contributed by atoms with Gasteiger partial charge in [-0.15, -0.1) is 0 Å². The van der Waals surface area contributed by atoms with Gasteiger partial charge in [-0.1, -0.05) is 20.8 Å². The van der Waals surface area contributed by atoms with E-state index in [1.165, 1.54) is 6.92 Å². The van der Waals surface area contributed by atoms with Gasteiger partial charge in [0.15, 0.2) is 6.29 Å². The lowest BCUT2D eigenvalue weighted by Crippen LogP contribution is -2.55. The van der Waals surface area contributed by atoms with Crippen molar-refractivity contribution < 1.29 is 44.9 Å². The zero-order valence-corrected chi connectivity index (χ0v) is 15.2. The van der Waals surface area contributed by atoms with Gasteiger partial charge < -0.3 is 9.47 Å². The zero-order valence-electron chi connectivity index (χ0n) is 13.8. The highest BCUT2D eigenvalue weighted by atomic mass is 28.2. The zero-order chi connectivity index (χ0) is 19.0. The summed E-state index contributed by atoms with van der Waals surface area (Å²) in [6.07, 6.45) is -12.7. The molecule has 0 N–H and O–H groups in total. The van der Waals surface area contributed by atoms with Gasteiger partial charge in [-0.25, -0.2) is 0 Å². The van der Waals surface area contributed by atoms with Crippen LogP contribution in [0.1, 0.15) is 40.0 Å². The Morgan fingerprint density at radius 3 is 1.92 bits per heavy atom. The molecule has 2 atom stereocenters. The highest BCUT2D eigenvalue weighted by molar-refractivity contribution is 6.37. The maximum atomic E-state index is 13.3. The summed E-state index contributed by atoms with van der Waals surface area (Å²) in [5, 5.41) is 0. The standard InChI is InChI=1S/C13H23F7O3Si/c1-4-7-21-8-24-10(6-3)22-9(5-2)23-13(19,20)11(14,15)12(16,17)18/h9-10H,4-8,24H2,1-3H3. The van der Waals surface area contributed by atoms with Crippen molar-refractivity contribution in [2.24, 2.45) is 0 Å². The number of halogens is 7. The molecule has 0 saturated heterocycles. The number of alkyl halides is 7. The number of ether oxygens (including phenoxy) is 3. The van der Waals surface area contributed by atoms with Crippen LogP contribution in [-0.4, -0.2) is 52.6 Å². The first-order valence-corrected chi connectivity index (χ1v) is 9.47. The van der Waals surface area contributed by atoms with Crippen molar-refractivity contribution in [1.82, 2.24) is 0 Å². The monoisotopic (exact) mass is 388 g/mol. The van der Waals surface area contributed by atoms with Crippen molar-refractivity contribution in [1.29, 1.82) is 0 Å². The molecule has 0 aliphatic heterocycles. The Morgan fingerprint density at radius 1 is 0.917 bits per heavy atom. The molecule has 0 aliphatic rings. The average molecular weight is 388 g/mol. The van der Waals surface area contributed by atoms with Crippen LogP contribution in [0, 0.1) is 0 Å². The molecule has 0 saturated carbocycles. The second-order valence-electron chi connectivity index (χ2n) is 5.11. The Kier molecular flexibility index (Phi) is 9.76. The molecule has 3 nitrogen and oxygen atoms in total. The van der Waals surface area contributed by atoms with Gasteiger partial charge in [-0.3, -0.25) is 4.74 Å². The lowest BCUT2D eigenvalue weighted by molar-refractivity contribution is -0.447. The molecule has 0 aliphatic carbocycles. The second kappa shape index (κ2) is 9.93. The van der Waals surface area contributed by atoms with E-state index in [2.05, 4.69) is 4.74 Å². The third kappa shape index (κ3) is 6.85. The molecular formula is C13H23F7O3Si. The van der Waals surface area contributed by atoms with E-state index in [0.29, 0.717) is 19.3 Å². The van der Waals surface area contributed by atoms with Gasteiger partial charge >= 0.3 is 18.2 Å². The predicted octanol–water partition coefficient (Wildman–Crippen LogP) is 3.84. The van der Waals surface area contributed by atoms with Crippen LogP contribution in [0.3, 0.4) is 0 Å². The van der Waals surface area contributed by atoms with E-state index in [9.17, 15) is 30.7 Å². The van der Waals surface area contributed by atoms with Gasteiger partial charge in [0.25, 0.3) is 0 Å². The topological polar surface area (TPSA) is 27.7 Å². The van der Waals surface area contributed by atoms with E-state index in [-0.39, 0.29) is 6.42 Å². The van der Waals surface area contributed by atoms with Gasteiger partial charge in [0.1, 0.15) is 0 Å². The van der Waals surface area contributed by atoms with Crippen molar-refractivity contribution in [3.8, 4) is 0 Å². The molecule has 0 aromatic rings. The van der Waals surface area contributed by atoms with E-state index in [1.54, 1.807) is 6.92 Å². The Hall–Kier alpha value is -0.393. The number of hydrogen-bond donors (Lipinski definition) is 0. The van der Waals surface area contributed by atoms with Crippen molar-refractivity contribution in [3.63, 3.8) is 0 Å². The van der Waals surface area contributed by atoms with Crippen LogP contribution in [0.25, 0.3) is 0 Å². The molecule has 2 unspecified atom stereocenters. The van der Waals surface area contributed by atoms with Gasteiger partial charge in [0.05, 0.1) is 9.52 Å². The molecule has 0 aromatic heterocycles. The average Bonchev–Trinajstić information content (AvgIpc) is 2.47. The van der Waals surface area contributed by atoms with Crippen molar-refractivity contribution in [3.05, 3.63) is 0 Å². The van der Waals surface area contributed by atoms with Gasteiger partial charge in [0.2, 0.25) is 0 Å². The first-order chi connectivity index (χ1) is 10.9. The molecule has 24 heavy (non-hydrogen) atoms. The summed E-state index contributed by atoms with van der Waals surface area (Å²) in [4.78, 5) is 0. The Morgan fingerprint density at radius 2 is 1.50 bits per heavy atom. The van der Waals surface area contributed by atoms with Gasteiger partial charge in [0, 0.05) is 18.6 Å². The summed E-state index contributed by atoms with van der Waals surface area (Å²) in [5.41, 5.74) is -0.526. The highest BCUT2D eigenvalue weighted by Gasteiger charge is 2.75. The smallest absolute Gasteiger partial charge is 0.385 e. The maximum absolute atomic E-state index is 13.3. The summed E-state index contributed by atoms with van der Waals surface area (Å²) in [6, 6.07) is 0. The largest absolute Gasteiger partial charge is 0.462 e. The SMILES string of the molecule is CCCOC[SiH2]C(CC)OC(CC)OC(F)(F)C(F)(F)C(F)(F)F. The van der Waals surface area contributed by atoms with Crippen molar-refractivity contribution in [2.75, 3.05) is 12.8 Å². The van der Waals surface area contributed by atoms with E-state index in [1.807, 2.05) is 6.92 Å². The minimum Gasteiger partial charge on any atom is -0.385 e. The number of rotatable bonds is 12. The highest BCUT2D eigenvalue weighted by Crippen LogP contribution is 2.47. The predicted molar refractivity (Wildman–Crippen MR) is 75.9 cm³/mol. The van der Waals surface area contributed by atoms with Crippen LogP contribution < -0.4 is 0 Å². The molecule has 11 heteroatoms. The van der Waals surface area contributed by atoms with Crippen LogP contribution in [0.15, 0.2) is 0 Å². The Balaban J connectivity index is 4.78.